The number of methoxy groups -OCH3 is 1. The second-order valence-electron chi connectivity index (χ2n) is 5.85. The summed E-state index contributed by atoms with van der Waals surface area (Å²) in [5, 5.41) is 0. The molecule has 2 aromatic rings. The van der Waals surface area contributed by atoms with Crippen LogP contribution in [0.25, 0.3) is 11.2 Å². The summed E-state index contributed by atoms with van der Waals surface area (Å²) in [5.41, 5.74) is 3.39. The Morgan fingerprint density at radius 2 is 2.25 bits per heavy atom. The first-order chi connectivity index (χ1) is 9.67. The average molecular weight is 294 g/mol. The van der Waals surface area contributed by atoms with Crippen molar-refractivity contribution >= 4 is 22.8 Å². The van der Waals surface area contributed by atoms with Crippen molar-refractivity contribution in [2.45, 2.75) is 38.6 Å². The molecule has 0 atom stereocenters. The molecule has 2 heterocycles. The number of alkyl halides is 1. The molecule has 1 fully saturated rings. The largest absolute Gasteiger partial charge is 0.385 e. The molecule has 2 aromatic heterocycles. The molecule has 0 aromatic carbocycles. The van der Waals surface area contributed by atoms with Crippen LogP contribution >= 0.6 is 11.6 Å². The minimum atomic E-state index is 0.358. The molecule has 0 aliphatic heterocycles. The Kier molecular flexibility index (Phi) is 3.69. The molecule has 108 valence electrons. The maximum Gasteiger partial charge on any atom is 0.160 e. The maximum atomic E-state index is 6.06. The van der Waals surface area contributed by atoms with Gasteiger partial charge in [0.25, 0.3) is 0 Å². The first kappa shape index (κ1) is 13.8. The Balaban J connectivity index is 1.94. The normalized spacial score (nSPS) is 16.8. The highest BCUT2D eigenvalue weighted by atomic mass is 35.5. The molecule has 4 nitrogen and oxygen atoms in total. The number of aromatic nitrogens is 3. The van der Waals surface area contributed by atoms with Crippen LogP contribution in [0.2, 0.25) is 0 Å². The molecular formula is C15H20ClN3O. The molecule has 20 heavy (non-hydrogen) atoms. The Bertz CT molecular complexity index is 619. The lowest BCUT2D eigenvalue weighted by Crippen LogP contribution is -2.16. The van der Waals surface area contributed by atoms with E-state index >= 15 is 0 Å². The van der Waals surface area contributed by atoms with Gasteiger partial charge in [-0.3, -0.25) is 0 Å². The quantitative estimate of drug-likeness (QED) is 0.767. The van der Waals surface area contributed by atoms with Crippen molar-refractivity contribution in [1.29, 1.82) is 0 Å². The fraction of sp³-hybridized carbons (Fsp3) is 0.600. The van der Waals surface area contributed by atoms with E-state index in [9.17, 15) is 0 Å². The molecule has 0 bridgehead atoms. The number of halogens is 1. The van der Waals surface area contributed by atoms with Crippen LogP contribution in [0.1, 0.15) is 30.7 Å². The number of rotatable bonds is 6. The molecule has 1 aliphatic carbocycles. The van der Waals surface area contributed by atoms with Crippen LogP contribution in [0.4, 0.5) is 0 Å². The lowest BCUT2D eigenvalue weighted by atomic mass is 10.0. The first-order valence-corrected chi connectivity index (χ1v) is 7.57. The van der Waals surface area contributed by atoms with Crippen molar-refractivity contribution in [3.63, 3.8) is 0 Å². The highest BCUT2D eigenvalue weighted by Gasteiger charge is 2.43. The third kappa shape index (κ3) is 2.54. The van der Waals surface area contributed by atoms with Crippen LogP contribution < -0.4 is 0 Å². The fourth-order valence-electron chi connectivity index (χ4n) is 2.74. The van der Waals surface area contributed by atoms with Gasteiger partial charge in [0.1, 0.15) is 11.3 Å². The van der Waals surface area contributed by atoms with Crippen molar-refractivity contribution < 1.29 is 4.74 Å². The predicted octanol–water partition coefficient (Wildman–Crippen LogP) is 3.30. The summed E-state index contributed by atoms with van der Waals surface area (Å²) in [5.74, 6) is 1.35. The summed E-state index contributed by atoms with van der Waals surface area (Å²) in [6, 6.07) is 2.07. The van der Waals surface area contributed by atoms with Gasteiger partial charge in [-0.15, -0.1) is 11.6 Å². The molecule has 1 saturated carbocycles. The van der Waals surface area contributed by atoms with E-state index in [1.54, 1.807) is 7.11 Å². The van der Waals surface area contributed by atoms with Gasteiger partial charge >= 0.3 is 0 Å². The lowest BCUT2D eigenvalue weighted by Gasteiger charge is -2.17. The zero-order valence-electron chi connectivity index (χ0n) is 12.0. The molecule has 0 saturated heterocycles. The van der Waals surface area contributed by atoms with Gasteiger partial charge in [-0.2, -0.15) is 0 Å². The van der Waals surface area contributed by atoms with Gasteiger partial charge in [0.15, 0.2) is 5.65 Å². The van der Waals surface area contributed by atoms with Gasteiger partial charge in [-0.25, -0.2) is 9.97 Å². The fourth-order valence-corrected chi connectivity index (χ4v) is 2.95. The molecule has 0 N–H and O–H groups in total. The number of ether oxygens (including phenoxy) is 1. The van der Waals surface area contributed by atoms with Gasteiger partial charge in [-0.1, -0.05) is 0 Å². The molecular weight excluding hydrogens is 274 g/mol. The van der Waals surface area contributed by atoms with E-state index in [0.29, 0.717) is 11.3 Å². The van der Waals surface area contributed by atoms with Crippen LogP contribution in [-0.4, -0.2) is 28.3 Å². The molecule has 0 radical (unpaired) electrons. The number of aryl methyl sites for hydroxylation is 1. The Morgan fingerprint density at radius 3 is 2.90 bits per heavy atom. The molecule has 5 heteroatoms. The van der Waals surface area contributed by atoms with Crippen LogP contribution in [-0.2, 0) is 17.2 Å². The van der Waals surface area contributed by atoms with Gasteiger partial charge in [0.05, 0.1) is 5.88 Å². The standard InChI is InChI=1S/C15H20ClN3O/c1-11-7-12-14(17-9-11)19(13(8-16)18-12)10-15(3-4-15)5-6-20-2/h7,9H,3-6,8,10H2,1-2H3. The zero-order chi connectivity index (χ0) is 14.2. The number of imidazole rings is 1. The third-order valence-electron chi connectivity index (χ3n) is 4.21. The topological polar surface area (TPSA) is 39.9 Å². The summed E-state index contributed by atoms with van der Waals surface area (Å²) < 4.78 is 7.43. The Labute approximate surface area is 124 Å². The van der Waals surface area contributed by atoms with E-state index < -0.39 is 0 Å². The van der Waals surface area contributed by atoms with Crippen molar-refractivity contribution in [1.82, 2.24) is 14.5 Å². The van der Waals surface area contributed by atoms with Gasteiger partial charge < -0.3 is 9.30 Å². The van der Waals surface area contributed by atoms with Crippen LogP contribution in [0.5, 0.6) is 0 Å². The van der Waals surface area contributed by atoms with E-state index in [1.807, 2.05) is 13.1 Å². The summed E-state index contributed by atoms with van der Waals surface area (Å²) >= 11 is 6.06. The zero-order valence-corrected chi connectivity index (χ0v) is 12.8. The predicted molar refractivity (Wildman–Crippen MR) is 80.0 cm³/mol. The highest BCUT2D eigenvalue weighted by molar-refractivity contribution is 6.16. The monoisotopic (exact) mass is 293 g/mol. The van der Waals surface area contributed by atoms with Crippen LogP contribution in [0.3, 0.4) is 0 Å². The van der Waals surface area contributed by atoms with Crippen LogP contribution in [0.15, 0.2) is 12.3 Å². The van der Waals surface area contributed by atoms with E-state index in [2.05, 4.69) is 20.6 Å². The maximum absolute atomic E-state index is 6.06. The molecule has 0 amide bonds. The van der Waals surface area contributed by atoms with E-state index in [0.717, 1.165) is 42.1 Å². The van der Waals surface area contributed by atoms with Gasteiger partial charge in [-0.05, 0) is 43.2 Å². The number of nitrogens with zero attached hydrogens (tertiary/aromatic N) is 3. The second-order valence-corrected chi connectivity index (χ2v) is 6.11. The van der Waals surface area contributed by atoms with E-state index in [4.69, 9.17) is 16.3 Å². The number of hydrogen-bond donors (Lipinski definition) is 0. The highest BCUT2D eigenvalue weighted by Crippen LogP contribution is 2.50. The third-order valence-corrected chi connectivity index (χ3v) is 4.45. The summed E-state index contributed by atoms with van der Waals surface area (Å²) in [6.07, 6.45) is 5.50. The van der Waals surface area contributed by atoms with Gasteiger partial charge in [0, 0.05) is 26.5 Å². The Morgan fingerprint density at radius 1 is 1.45 bits per heavy atom. The minimum Gasteiger partial charge on any atom is -0.385 e. The molecule has 0 unspecified atom stereocenters. The molecule has 1 aliphatic rings. The smallest absolute Gasteiger partial charge is 0.160 e. The summed E-state index contributed by atoms with van der Waals surface area (Å²) in [6.45, 7) is 3.80. The molecule has 0 spiro atoms. The SMILES string of the molecule is COCCC1(Cn2c(CCl)nc3cc(C)cnc32)CC1. The van der Waals surface area contributed by atoms with Gasteiger partial charge in [0.2, 0.25) is 0 Å². The summed E-state index contributed by atoms with van der Waals surface area (Å²) in [7, 11) is 1.76. The summed E-state index contributed by atoms with van der Waals surface area (Å²) in [4.78, 5) is 9.17. The minimum absolute atomic E-state index is 0.358. The number of hydrogen-bond acceptors (Lipinski definition) is 3. The van der Waals surface area contributed by atoms with Crippen molar-refractivity contribution in [3.05, 3.63) is 23.7 Å². The van der Waals surface area contributed by atoms with Crippen LogP contribution in [0, 0.1) is 12.3 Å². The van der Waals surface area contributed by atoms with Crippen molar-refractivity contribution in [2.24, 2.45) is 5.41 Å². The lowest BCUT2D eigenvalue weighted by molar-refractivity contribution is 0.167. The number of fused-ring (bicyclic) bond motifs is 1. The first-order valence-electron chi connectivity index (χ1n) is 7.04. The number of pyridine rings is 1. The van der Waals surface area contributed by atoms with Crippen molar-refractivity contribution in [2.75, 3.05) is 13.7 Å². The Hall–Kier alpha value is -1.13. The van der Waals surface area contributed by atoms with E-state index in [1.165, 1.54) is 12.8 Å². The molecule has 3 rings (SSSR count). The van der Waals surface area contributed by atoms with E-state index in [-0.39, 0.29) is 0 Å². The average Bonchev–Trinajstić information content (AvgIpc) is 3.13. The second kappa shape index (κ2) is 5.34. The van der Waals surface area contributed by atoms with Crippen molar-refractivity contribution in [3.8, 4) is 0 Å².